The number of hydrogen-bond donors (Lipinski definition) is 0. The lowest BCUT2D eigenvalue weighted by atomic mass is 10.1. The van der Waals surface area contributed by atoms with E-state index in [0.717, 1.165) is 17.5 Å². The number of amides is 1. The molecule has 4 rings (SSSR count). The zero-order valence-electron chi connectivity index (χ0n) is 15.3. The van der Waals surface area contributed by atoms with E-state index in [1.165, 1.54) is 16.5 Å². The van der Waals surface area contributed by atoms with E-state index in [-0.39, 0.29) is 18.2 Å². The van der Waals surface area contributed by atoms with E-state index in [0.29, 0.717) is 23.9 Å². The molecule has 1 amide bonds. The van der Waals surface area contributed by atoms with E-state index >= 15 is 0 Å². The minimum atomic E-state index is -0.395. The summed E-state index contributed by atoms with van der Waals surface area (Å²) in [5, 5.41) is 4.06. The van der Waals surface area contributed by atoms with Crippen molar-refractivity contribution in [3.8, 4) is 11.5 Å². The molecule has 1 aromatic heterocycles. The number of halogens is 1. The first-order valence-corrected chi connectivity index (χ1v) is 9.04. The molecule has 0 saturated carbocycles. The predicted molar refractivity (Wildman–Crippen MR) is 100.0 cm³/mol. The number of aromatic nitrogens is 2. The maximum Gasteiger partial charge on any atom is 0.257 e. The maximum atomic E-state index is 14.2. The molecule has 1 aliphatic rings. The van der Waals surface area contributed by atoms with Gasteiger partial charge in [-0.3, -0.25) is 4.79 Å². The van der Waals surface area contributed by atoms with E-state index in [4.69, 9.17) is 4.52 Å². The third-order valence-corrected chi connectivity index (χ3v) is 4.94. The van der Waals surface area contributed by atoms with Crippen molar-refractivity contribution >= 4 is 11.6 Å². The molecular weight excluding hydrogens is 345 g/mol. The topological polar surface area (TPSA) is 59.2 Å². The molecule has 0 spiro atoms. The summed E-state index contributed by atoms with van der Waals surface area (Å²) in [6.45, 7) is 4.25. The summed E-state index contributed by atoms with van der Waals surface area (Å²) in [6, 6.07) is 12.8. The van der Waals surface area contributed by atoms with Crippen LogP contribution < -0.4 is 4.90 Å². The van der Waals surface area contributed by atoms with Gasteiger partial charge in [-0.05, 0) is 48.7 Å². The number of hydrogen-bond acceptors (Lipinski definition) is 4. The summed E-state index contributed by atoms with van der Waals surface area (Å²) in [5.74, 6) is 0.161. The lowest BCUT2D eigenvalue weighted by molar-refractivity contribution is -0.117. The Kier molecular flexibility index (Phi) is 4.48. The summed E-state index contributed by atoms with van der Waals surface area (Å²) in [5.41, 5.74) is 3.19. The van der Waals surface area contributed by atoms with Crippen molar-refractivity contribution in [1.82, 2.24) is 10.1 Å². The monoisotopic (exact) mass is 365 g/mol. The lowest BCUT2D eigenvalue weighted by Gasteiger charge is -2.17. The van der Waals surface area contributed by atoms with E-state index < -0.39 is 5.82 Å². The molecule has 2 heterocycles. The Morgan fingerprint density at radius 2 is 2.00 bits per heavy atom. The van der Waals surface area contributed by atoms with Gasteiger partial charge in [0.25, 0.3) is 5.89 Å². The molecule has 2 aromatic carbocycles. The van der Waals surface area contributed by atoms with Crippen molar-refractivity contribution < 1.29 is 13.7 Å². The Bertz CT molecular complexity index is 981. The van der Waals surface area contributed by atoms with Gasteiger partial charge < -0.3 is 9.42 Å². The largest absolute Gasteiger partial charge is 0.334 e. The highest BCUT2D eigenvalue weighted by molar-refractivity contribution is 5.96. The molecule has 1 saturated heterocycles. The molecule has 3 aromatic rings. The van der Waals surface area contributed by atoms with Crippen LogP contribution in [0.1, 0.15) is 36.2 Å². The molecule has 1 unspecified atom stereocenters. The quantitative estimate of drug-likeness (QED) is 0.693. The van der Waals surface area contributed by atoms with Gasteiger partial charge in [0.2, 0.25) is 5.91 Å². The molecule has 0 radical (unpaired) electrons. The Labute approximate surface area is 156 Å². The smallest absolute Gasteiger partial charge is 0.257 e. The highest BCUT2D eigenvalue weighted by Gasteiger charge is 2.35. The Hall–Kier alpha value is -3.02. The van der Waals surface area contributed by atoms with Crippen molar-refractivity contribution in [2.24, 2.45) is 0 Å². The fourth-order valence-electron chi connectivity index (χ4n) is 3.35. The molecule has 5 nitrogen and oxygen atoms in total. The third-order valence-electron chi connectivity index (χ3n) is 4.94. The normalized spacial score (nSPS) is 16.9. The van der Waals surface area contributed by atoms with Gasteiger partial charge in [0.15, 0.2) is 5.82 Å². The first kappa shape index (κ1) is 17.4. The van der Waals surface area contributed by atoms with Gasteiger partial charge in [0, 0.05) is 24.4 Å². The van der Waals surface area contributed by atoms with Crippen molar-refractivity contribution in [1.29, 1.82) is 0 Å². The van der Waals surface area contributed by atoms with Crippen LogP contribution in [0.25, 0.3) is 11.5 Å². The standard InChI is InChI=1S/C21H20FN3O2/c1-3-14-5-7-15(8-6-14)21-23-20(24-27-21)16-11-19(26)25(12-16)18-9-4-13(2)10-17(18)22/h4-10,16H,3,11-12H2,1-2H3. The Balaban J connectivity index is 1.54. The number of rotatable bonds is 4. The van der Waals surface area contributed by atoms with E-state index in [9.17, 15) is 9.18 Å². The summed E-state index contributed by atoms with van der Waals surface area (Å²) in [7, 11) is 0. The Morgan fingerprint density at radius 3 is 2.70 bits per heavy atom. The summed E-state index contributed by atoms with van der Waals surface area (Å²) in [4.78, 5) is 18.3. The molecule has 6 heteroatoms. The van der Waals surface area contributed by atoms with Crippen molar-refractivity contribution in [3.63, 3.8) is 0 Å². The van der Waals surface area contributed by atoms with Gasteiger partial charge in [-0.15, -0.1) is 0 Å². The lowest BCUT2D eigenvalue weighted by Crippen LogP contribution is -2.25. The SMILES string of the molecule is CCc1ccc(-c2nc(C3CC(=O)N(c4ccc(C)cc4F)C3)no2)cc1. The van der Waals surface area contributed by atoms with E-state index in [1.54, 1.807) is 12.1 Å². The molecule has 1 aliphatic heterocycles. The predicted octanol–water partition coefficient (Wildman–Crippen LogP) is 4.27. The number of anilines is 1. The molecule has 138 valence electrons. The molecule has 1 fully saturated rings. The maximum absolute atomic E-state index is 14.2. The number of carbonyl (C=O) groups is 1. The fraction of sp³-hybridized carbons (Fsp3) is 0.286. The van der Waals surface area contributed by atoms with Crippen LogP contribution in [0.4, 0.5) is 10.1 Å². The second-order valence-electron chi connectivity index (χ2n) is 6.87. The molecule has 0 aliphatic carbocycles. The zero-order chi connectivity index (χ0) is 19.0. The van der Waals surface area contributed by atoms with E-state index in [1.807, 2.05) is 31.2 Å². The molecular formula is C21H20FN3O2. The van der Waals surface area contributed by atoms with Gasteiger partial charge in [-0.2, -0.15) is 4.98 Å². The van der Waals surface area contributed by atoms with Crippen LogP contribution in [0.2, 0.25) is 0 Å². The summed E-state index contributed by atoms with van der Waals surface area (Å²) in [6.07, 6.45) is 1.20. The third kappa shape index (κ3) is 3.35. The van der Waals surface area contributed by atoms with Crippen LogP contribution in [-0.4, -0.2) is 22.6 Å². The first-order valence-electron chi connectivity index (χ1n) is 9.04. The fourth-order valence-corrected chi connectivity index (χ4v) is 3.35. The van der Waals surface area contributed by atoms with Gasteiger partial charge in [0.1, 0.15) is 5.82 Å². The van der Waals surface area contributed by atoms with Gasteiger partial charge in [-0.25, -0.2) is 4.39 Å². The Morgan fingerprint density at radius 1 is 1.22 bits per heavy atom. The number of aryl methyl sites for hydroxylation is 2. The minimum Gasteiger partial charge on any atom is -0.334 e. The zero-order valence-corrected chi connectivity index (χ0v) is 15.3. The molecule has 0 N–H and O–H groups in total. The van der Waals surface area contributed by atoms with Crippen molar-refractivity contribution in [2.45, 2.75) is 32.6 Å². The van der Waals surface area contributed by atoms with Crippen molar-refractivity contribution in [3.05, 3.63) is 65.2 Å². The van der Waals surface area contributed by atoms with Crippen LogP contribution in [0, 0.1) is 12.7 Å². The van der Waals surface area contributed by atoms with Crippen LogP contribution in [0.3, 0.4) is 0 Å². The van der Waals surface area contributed by atoms with E-state index in [2.05, 4.69) is 17.1 Å². The molecule has 0 bridgehead atoms. The minimum absolute atomic E-state index is 0.138. The summed E-state index contributed by atoms with van der Waals surface area (Å²) < 4.78 is 19.6. The van der Waals surface area contributed by atoms with Crippen LogP contribution >= 0.6 is 0 Å². The number of carbonyl (C=O) groups excluding carboxylic acids is 1. The second-order valence-corrected chi connectivity index (χ2v) is 6.87. The number of benzene rings is 2. The summed E-state index contributed by atoms with van der Waals surface area (Å²) >= 11 is 0. The van der Waals surface area contributed by atoms with Crippen LogP contribution in [0.5, 0.6) is 0 Å². The highest BCUT2D eigenvalue weighted by Crippen LogP contribution is 2.33. The average molecular weight is 365 g/mol. The van der Waals surface area contributed by atoms with Crippen LogP contribution in [0.15, 0.2) is 47.0 Å². The van der Waals surface area contributed by atoms with Crippen molar-refractivity contribution in [2.75, 3.05) is 11.4 Å². The average Bonchev–Trinajstić information content (AvgIpc) is 3.29. The highest BCUT2D eigenvalue weighted by atomic mass is 19.1. The van der Waals surface area contributed by atoms with Gasteiger partial charge >= 0.3 is 0 Å². The van der Waals surface area contributed by atoms with Crippen LogP contribution in [-0.2, 0) is 11.2 Å². The molecule has 1 atom stereocenters. The number of nitrogens with zero attached hydrogens (tertiary/aromatic N) is 3. The first-order chi connectivity index (χ1) is 13.0. The van der Waals surface area contributed by atoms with Gasteiger partial charge in [-0.1, -0.05) is 30.3 Å². The molecule has 27 heavy (non-hydrogen) atoms. The van der Waals surface area contributed by atoms with Gasteiger partial charge in [0.05, 0.1) is 5.69 Å². The second kappa shape index (κ2) is 6.95.